The fourth-order valence-electron chi connectivity index (χ4n) is 2.29. The van der Waals surface area contributed by atoms with E-state index in [1.807, 2.05) is 0 Å². The van der Waals surface area contributed by atoms with Crippen LogP contribution in [0.15, 0.2) is 17.0 Å². The lowest BCUT2D eigenvalue weighted by Crippen LogP contribution is -2.40. The molecule has 0 saturated carbocycles. The van der Waals surface area contributed by atoms with Gasteiger partial charge in [-0.2, -0.15) is 4.31 Å². The van der Waals surface area contributed by atoms with Crippen molar-refractivity contribution in [1.29, 1.82) is 0 Å². The summed E-state index contributed by atoms with van der Waals surface area (Å²) in [7, 11) is -4.30. The molecule has 1 aliphatic rings. The van der Waals surface area contributed by atoms with Gasteiger partial charge in [0.2, 0.25) is 10.0 Å². The van der Waals surface area contributed by atoms with E-state index in [0.29, 0.717) is 31.5 Å². The number of halogens is 3. The van der Waals surface area contributed by atoms with Crippen molar-refractivity contribution in [2.45, 2.75) is 17.7 Å². The molecule has 0 bridgehead atoms. The summed E-state index contributed by atoms with van der Waals surface area (Å²) < 4.78 is 65.5. The summed E-state index contributed by atoms with van der Waals surface area (Å²) in [6.07, 6.45) is 1.08. The molecule has 112 valence electrons. The van der Waals surface area contributed by atoms with Crippen molar-refractivity contribution in [3.63, 3.8) is 0 Å². The second-order valence-electron chi connectivity index (χ2n) is 4.78. The molecule has 1 aromatic carbocycles. The van der Waals surface area contributed by atoms with Gasteiger partial charge in [-0.25, -0.2) is 21.6 Å². The Morgan fingerprint density at radius 1 is 1.15 bits per heavy atom. The smallest absolute Gasteiger partial charge is 0.248 e. The first kappa shape index (κ1) is 15.3. The van der Waals surface area contributed by atoms with Gasteiger partial charge in [0, 0.05) is 25.2 Å². The summed E-state index contributed by atoms with van der Waals surface area (Å²) in [6, 6.07) is 0.727. The third kappa shape index (κ3) is 2.82. The molecule has 0 atom stereocenters. The van der Waals surface area contributed by atoms with Crippen molar-refractivity contribution >= 4 is 10.0 Å². The van der Waals surface area contributed by atoms with Crippen LogP contribution in [0.4, 0.5) is 13.2 Å². The monoisotopic (exact) mass is 308 g/mol. The van der Waals surface area contributed by atoms with Crippen molar-refractivity contribution < 1.29 is 21.6 Å². The third-order valence-electron chi connectivity index (χ3n) is 3.47. The van der Waals surface area contributed by atoms with E-state index in [4.69, 9.17) is 5.73 Å². The predicted octanol–water partition coefficient (Wildman–Crippen LogP) is 1.46. The molecule has 0 spiro atoms. The molecule has 2 N–H and O–H groups in total. The van der Waals surface area contributed by atoms with E-state index in [1.54, 1.807) is 0 Å². The molecule has 0 aliphatic carbocycles. The molecule has 1 saturated heterocycles. The largest absolute Gasteiger partial charge is 0.330 e. The minimum Gasteiger partial charge on any atom is -0.330 e. The quantitative estimate of drug-likeness (QED) is 0.919. The van der Waals surface area contributed by atoms with Gasteiger partial charge in [-0.1, -0.05) is 0 Å². The summed E-state index contributed by atoms with van der Waals surface area (Å²) in [5.74, 6) is -3.77. The number of piperidine rings is 1. The summed E-state index contributed by atoms with van der Waals surface area (Å²) in [6.45, 7) is 0.758. The SMILES string of the molecule is NCC1CCN(S(=O)(=O)c2c(F)cc(F)cc2F)CC1. The van der Waals surface area contributed by atoms with E-state index in [9.17, 15) is 21.6 Å². The number of hydrogen-bond acceptors (Lipinski definition) is 3. The van der Waals surface area contributed by atoms with Gasteiger partial charge in [0.15, 0.2) is 4.90 Å². The van der Waals surface area contributed by atoms with Crippen LogP contribution >= 0.6 is 0 Å². The van der Waals surface area contributed by atoms with Crippen molar-refractivity contribution in [3.8, 4) is 0 Å². The lowest BCUT2D eigenvalue weighted by Gasteiger charge is -2.30. The van der Waals surface area contributed by atoms with Crippen LogP contribution in [0.25, 0.3) is 0 Å². The van der Waals surface area contributed by atoms with Crippen LogP contribution in [0.1, 0.15) is 12.8 Å². The van der Waals surface area contributed by atoms with Gasteiger partial charge >= 0.3 is 0 Å². The minimum absolute atomic E-state index is 0.153. The molecule has 8 heteroatoms. The predicted molar refractivity (Wildman–Crippen MR) is 66.9 cm³/mol. The molecule has 2 rings (SSSR count). The van der Waals surface area contributed by atoms with E-state index in [1.165, 1.54) is 0 Å². The fraction of sp³-hybridized carbons (Fsp3) is 0.500. The first-order chi connectivity index (χ1) is 9.36. The average Bonchev–Trinajstić information content (AvgIpc) is 2.37. The number of rotatable bonds is 3. The molecule has 20 heavy (non-hydrogen) atoms. The first-order valence-corrected chi connectivity index (χ1v) is 7.65. The molecule has 1 aliphatic heterocycles. The highest BCUT2D eigenvalue weighted by Crippen LogP contribution is 2.27. The Bertz CT molecular complexity index is 576. The lowest BCUT2D eigenvalue weighted by atomic mass is 9.99. The van der Waals surface area contributed by atoms with Crippen molar-refractivity contribution in [1.82, 2.24) is 4.31 Å². The van der Waals surface area contributed by atoms with Crippen LogP contribution in [0, 0.1) is 23.4 Å². The Morgan fingerprint density at radius 2 is 1.65 bits per heavy atom. The zero-order valence-corrected chi connectivity index (χ0v) is 11.5. The number of nitrogens with two attached hydrogens (primary N) is 1. The van der Waals surface area contributed by atoms with Gasteiger partial charge in [-0.3, -0.25) is 0 Å². The molecule has 0 radical (unpaired) electrons. The number of sulfonamides is 1. The molecule has 0 amide bonds. The topological polar surface area (TPSA) is 63.4 Å². The second kappa shape index (κ2) is 5.71. The molecule has 1 fully saturated rings. The van der Waals surface area contributed by atoms with Crippen LogP contribution in [-0.4, -0.2) is 32.4 Å². The second-order valence-corrected chi connectivity index (χ2v) is 6.66. The minimum atomic E-state index is -4.30. The van der Waals surface area contributed by atoms with E-state index in [-0.39, 0.29) is 19.0 Å². The van der Waals surface area contributed by atoms with Gasteiger partial charge in [-0.15, -0.1) is 0 Å². The maximum Gasteiger partial charge on any atom is 0.248 e. The van der Waals surface area contributed by atoms with Crippen LogP contribution in [0.5, 0.6) is 0 Å². The summed E-state index contributed by atoms with van der Waals surface area (Å²) >= 11 is 0. The Morgan fingerprint density at radius 3 is 2.10 bits per heavy atom. The zero-order chi connectivity index (χ0) is 14.9. The number of nitrogens with zero attached hydrogens (tertiary/aromatic N) is 1. The normalized spacial score (nSPS) is 18.4. The third-order valence-corrected chi connectivity index (χ3v) is 5.42. The van der Waals surface area contributed by atoms with Gasteiger partial charge in [0.05, 0.1) is 0 Å². The summed E-state index contributed by atoms with van der Waals surface area (Å²) in [5.41, 5.74) is 5.50. The van der Waals surface area contributed by atoms with Gasteiger partial charge in [-0.05, 0) is 25.3 Å². The first-order valence-electron chi connectivity index (χ1n) is 6.21. The molecule has 1 heterocycles. The molecular formula is C12H15F3N2O2S. The highest BCUT2D eigenvalue weighted by molar-refractivity contribution is 7.89. The van der Waals surface area contributed by atoms with Gasteiger partial charge in [0.25, 0.3) is 0 Å². The molecular weight excluding hydrogens is 293 g/mol. The van der Waals surface area contributed by atoms with Gasteiger partial charge < -0.3 is 5.73 Å². The van der Waals surface area contributed by atoms with Crippen molar-refractivity contribution in [2.75, 3.05) is 19.6 Å². The standard InChI is InChI=1S/C12H15F3N2O2S/c13-9-5-10(14)12(11(15)6-9)20(18,19)17-3-1-8(7-16)2-4-17/h5-6,8H,1-4,7,16H2. The Kier molecular flexibility index (Phi) is 4.36. The van der Waals surface area contributed by atoms with Crippen LogP contribution in [-0.2, 0) is 10.0 Å². The Balaban J connectivity index is 2.32. The van der Waals surface area contributed by atoms with E-state index >= 15 is 0 Å². The molecule has 4 nitrogen and oxygen atoms in total. The van der Waals surface area contributed by atoms with E-state index in [0.717, 1.165) is 4.31 Å². The summed E-state index contributed by atoms with van der Waals surface area (Å²) in [4.78, 5) is -1.09. The van der Waals surface area contributed by atoms with Crippen LogP contribution in [0.2, 0.25) is 0 Å². The molecule has 0 aromatic heterocycles. The van der Waals surface area contributed by atoms with Gasteiger partial charge in [0.1, 0.15) is 17.5 Å². The zero-order valence-electron chi connectivity index (χ0n) is 10.7. The number of benzene rings is 1. The summed E-state index contributed by atoms with van der Waals surface area (Å²) in [5, 5.41) is 0. The maximum absolute atomic E-state index is 13.6. The van der Waals surface area contributed by atoms with Crippen LogP contribution < -0.4 is 5.73 Å². The maximum atomic E-state index is 13.6. The number of hydrogen-bond donors (Lipinski definition) is 1. The van der Waals surface area contributed by atoms with Crippen molar-refractivity contribution in [3.05, 3.63) is 29.6 Å². The Labute approximate surface area is 115 Å². The average molecular weight is 308 g/mol. The van der Waals surface area contributed by atoms with E-state index in [2.05, 4.69) is 0 Å². The Hall–Kier alpha value is -1.12. The fourth-order valence-corrected chi connectivity index (χ4v) is 3.85. The molecule has 1 aromatic rings. The van der Waals surface area contributed by atoms with Crippen molar-refractivity contribution in [2.24, 2.45) is 11.7 Å². The van der Waals surface area contributed by atoms with E-state index < -0.39 is 32.4 Å². The highest BCUT2D eigenvalue weighted by Gasteiger charge is 2.33. The molecule has 0 unspecified atom stereocenters. The highest BCUT2D eigenvalue weighted by atomic mass is 32.2. The lowest BCUT2D eigenvalue weighted by molar-refractivity contribution is 0.277. The van der Waals surface area contributed by atoms with Crippen LogP contribution in [0.3, 0.4) is 0 Å².